The van der Waals surface area contributed by atoms with Crippen LogP contribution in [0.1, 0.15) is 36.4 Å². The number of hydrogen-bond acceptors (Lipinski definition) is 5. The Bertz CT molecular complexity index is 962. The summed E-state index contributed by atoms with van der Waals surface area (Å²) in [4.78, 5) is 24.7. The summed E-state index contributed by atoms with van der Waals surface area (Å²) in [6, 6.07) is 11.0. The number of para-hydroxylation sites is 1. The van der Waals surface area contributed by atoms with Gasteiger partial charge in [0.05, 0.1) is 24.7 Å². The zero-order valence-corrected chi connectivity index (χ0v) is 17.0. The molecule has 2 aliphatic heterocycles. The number of nitrogens with zero attached hydrogens (tertiary/aromatic N) is 1. The Morgan fingerprint density at radius 2 is 2.00 bits per heavy atom. The molecule has 8 heteroatoms. The molecule has 2 atom stereocenters. The molecule has 0 saturated carbocycles. The van der Waals surface area contributed by atoms with Gasteiger partial charge < -0.3 is 19.7 Å². The van der Waals surface area contributed by atoms with Crippen molar-refractivity contribution >= 4 is 17.3 Å². The van der Waals surface area contributed by atoms with Gasteiger partial charge in [-0.3, -0.25) is 14.9 Å². The number of nitrogens with one attached hydrogen (secondary N) is 2. The van der Waals surface area contributed by atoms with Crippen LogP contribution in [0.2, 0.25) is 0 Å². The van der Waals surface area contributed by atoms with Crippen molar-refractivity contribution in [3.05, 3.63) is 57.6 Å². The first-order chi connectivity index (χ1) is 14.5. The lowest BCUT2D eigenvalue weighted by Crippen LogP contribution is -3.11. The third-order valence-corrected chi connectivity index (χ3v) is 5.76. The molecule has 0 radical (unpaired) electrons. The number of anilines is 1. The highest BCUT2D eigenvalue weighted by Gasteiger charge is 2.33. The Labute approximate surface area is 174 Å². The smallest absolute Gasteiger partial charge is 0.293 e. The fraction of sp³-hybridized carbons (Fsp3) is 0.409. The molecule has 30 heavy (non-hydrogen) atoms. The van der Waals surface area contributed by atoms with E-state index in [2.05, 4.69) is 5.32 Å². The number of hydrogen-bond donors (Lipinski definition) is 2. The van der Waals surface area contributed by atoms with Crippen molar-refractivity contribution in [3.63, 3.8) is 0 Å². The lowest BCUT2D eigenvalue weighted by atomic mass is 10.0. The SMILES string of the molecule is Cc1cccc([N+](=O)[O-])c1NC(=O)C[NH+]1CCC[C@H]1c1ccc2c(c1)OCCCO2. The first kappa shape index (κ1) is 20.2. The van der Waals surface area contributed by atoms with Gasteiger partial charge in [-0.25, -0.2) is 0 Å². The van der Waals surface area contributed by atoms with Crippen molar-refractivity contribution < 1.29 is 24.1 Å². The van der Waals surface area contributed by atoms with Crippen LogP contribution >= 0.6 is 0 Å². The summed E-state index contributed by atoms with van der Waals surface area (Å²) in [6.07, 6.45) is 2.86. The number of nitro benzene ring substituents is 1. The van der Waals surface area contributed by atoms with E-state index in [1.165, 1.54) is 6.07 Å². The highest BCUT2D eigenvalue weighted by molar-refractivity contribution is 5.94. The van der Waals surface area contributed by atoms with Crippen LogP contribution in [0.5, 0.6) is 11.5 Å². The number of quaternary nitrogens is 1. The molecule has 0 aliphatic carbocycles. The minimum absolute atomic E-state index is 0.0841. The van der Waals surface area contributed by atoms with Crippen molar-refractivity contribution in [2.75, 3.05) is 31.6 Å². The van der Waals surface area contributed by atoms with Gasteiger partial charge in [0.15, 0.2) is 18.0 Å². The summed E-state index contributed by atoms with van der Waals surface area (Å²) in [6.45, 7) is 4.17. The summed E-state index contributed by atoms with van der Waals surface area (Å²) < 4.78 is 11.5. The van der Waals surface area contributed by atoms with E-state index < -0.39 is 4.92 Å². The largest absolute Gasteiger partial charge is 0.490 e. The molecule has 2 aliphatic rings. The Morgan fingerprint density at radius 1 is 1.20 bits per heavy atom. The van der Waals surface area contributed by atoms with E-state index in [0.29, 0.717) is 18.8 Å². The summed E-state index contributed by atoms with van der Waals surface area (Å²) in [5, 5.41) is 14.1. The van der Waals surface area contributed by atoms with E-state index in [1.54, 1.807) is 19.1 Å². The molecule has 2 aromatic carbocycles. The average molecular weight is 412 g/mol. The van der Waals surface area contributed by atoms with E-state index >= 15 is 0 Å². The van der Waals surface area contributed by atoms with Crippen molar-refractivity contribution in [3.8, 4) is 11.5 Å². The topological polar surface area (TPSA) is 95.1 Å². The highest BCUT2D eigenvalue weighted by Crippen LogP contribution is 2.33. The zero-order valence-electron chi connectivity index (χ0n) is 17.0. The Morgan fingerprint density at radius 3 is 2.80 bits per heavy atom. The number of benzene rings is 2. The van der Waals surface area contributed by atoms with E-state index in [0.717, 1.165) is 47.8 Å². The predicted molar refractivity (Wildman–Crippen MR) is 111 cm³/mol. The molecule has 1 fully saturated rings. The second-order valence-corrected chi connectivity index (χ2v) is 7.81. The molecule has 8 nitrogen and oxygen atoms in total. The maximum Gasteiger partial charge on any atom is 0.293 e. The first-order valence-corrected chi connectivity index (χ1v) is 10.3. The van der Waals surface area contributed by atoms with E-state index in [-0.39, 0.29) is 29.9 Å². The van der Waals surface area contributed by atoms with E-state index in [9.17, 15) is 14.9 Å². The molecule has 4 rings (SSSR count). The van der Waals surface area contributed by atoms with Gasteiger partial charge in [0, 0.05) is 30.9 Å². The van der Waals surface area contributed by atoms with E-state index in [1.807, 2.05) is 18.2 Å². The monoisotopic (exact) mass is 412 g/mol. The van der Waals surface area contributed by atoms with Crippen molar-refractivity contribution in [1.82, 2.24) is 0 Å². The van der Waals surface area contributed by atoms with E-state index in [4.69, 9.17) is 9.47 Å². The van der Waals surface area contributed by atoms with Crippen LogP contribution < -0.4 is 19.7 Å². The third-order valence-electron chi connectivity index (χ3n) is 5.76. The maximum absolute atomic E-state index is 12.8. The lowest BCUT2D eigenvalue weighted by molar-refractivity contribution is -0.910. The van der Waals surface area contributed by atoms with Gasteiger partial charge in [-0.15, -0.1) is 0 Å². The van der Waals surface area contributed by atoms with Crippen molar-refractivity contribution in [2.24, 2.45) is 0 Å². The van der Waals surface area contributed by atoms with Gasteiger partial charge in [-0.1, -0.05) is 12.1 Å². The average Bonchev–Trinajstić information content (AvgIpc) is 3.04. The quantitative estimate of drug-likeness (QED) is 0.581. The first-order valence-electron chi connectivity index (χ1n) is 10.3. The second-order valence-electron chi connectivity index (χ2n) is 7.81. The molecule has 0 bridgehead atoms. The molecular weight excluding hydrogens is 386 g/mol. The highest BCUT2D eigenvalue weighted by atomic mass is 16.6. The van der Waals surface area contributed by atoms with Crippen LogP contribution in [0.25, 0.3) is 0 Å². The molecule has 158 valence electrons. The van der Waals surface area contributed by atoms with Crippen LogP contribution in [0, 0.1) is 17.0 Å². The van der Waals surface area contributed by atoms with Crippen LogP contribution in [0.15, 0.2) is 36.4 Å². The van der Waals surface area contributed by atoms with Gasteiger partial charge in [-0.05, 0) is 30.7 Å². The maximum atomic E-state index is 12.8. The van der Waals surface area contributed by atoms with Gasteiger partial charge in [0.25, 0.3) is 11.6 Å². The Balaban J connectivity index is 1.48. The minimum Gasteiger partial charge on any atom is -0.490 e. The number of amides is 1. The Kier molecular flexibility index (Phi) is 5.85. The molecule has 0 aromatic heterocycles. The van der Waals surface area contributed by atoms with Crippen LogP contribution in [0.3, 0.4) is 0 Å². The third kappa shape index (κ3) is 4.23. The fourth-order valence-corrected chi connectivity index (χ4v) is 4.28. The van der Waals surface area contributed by atoms with Crippen molar-refractivity contribution in [2.45, 2.75) is 32.2 Å². The number of fused-ring (bicyclic) bond motifs is 1. The summed E-state index contributed by atoms with van der Waals surface area (Å²) in [5.74, 6) is 1.31. The zero-order chi connectivity index (χ0) is 21.1. The number of likely N-dealkylation sites (tertiary alicyclic amines) is 1. The number of carbonyl (C=O) groups is 1. The number of aryl methyl sites for hydroxylation is 1. The van der Waals surface area contributed by atoms with Gasteiger partial charge >= 0.3 is 0 Å². The molecule has 2 heterocycles. The van der Waals surface area contributed by atoms with Gasteiger partial charge in [0.2, 0.25) is 0 Å². The van der Waals surface area contributed by atoms with Gasteiger partial charge in [-0.2, -0.15) is 0 Å². The molecule has 0 spiro atoms. The van der Waals surface area contributed by atoms with Crippen molar-refractivity contribution in [1.29, 1.82) is 0 Å². The second kappa shape index (κ2) is 8.71. The number of ether oxygens (including phenoxy) is 2. The molecule has 1 unspecified atom stereocenters. The minimum atomic E-state index is -0.466. The number of carbonyl (C=O) groups excluding carboxylic acids is 1. The normalized spacial score (nSPS) is 20.4. The predicted octanol–water partition coefficient (Wildman–Crippen LogP) is 2.42. The van der Waals surface area contributed by atoms with Crippen LogP contribution in [0.4, 0.5) is 11.4 Å². The molecular formula is C22H26N3O5+. The van der Waals surface area contributed by atoms with Crippen LogP contribution in [-0.2, 0) is 4.79 Å². The Hall–Kier alpha value is -3.13. The lowest BCUT2D eigenvalue weighted by Gasteiger charge is -2.22. The standard InChI is InChI=1S/C22H25N3O5/c1-15-5-2-6-18(25(27)28)22(15)23-21(26)14-24-10-3-7-17(24)16-8-9-19-20(13-16)30-12-4-11-29-19/h2,5-6,8-9,13,17H,3-4,7,10-12,14H2,1H3,(H,23,26)/p+1/t17-/m0/s1. The fourth-order valence-electron chi connectivity index (χ4n) is 4.28. The molecule has 1 amide bonds. The molecule has 2 N–H and O–H groups in total. The van der Waals surface area contributed by atoms with Gasteiger partial charge in [0.1, 0.15) is 11.7 Å². The molecule has 1 saturated heterocycles. The summed E-state index contributed by atoms with van der Waals surface area (Å²) in [5.41, 5.74) is 1.99. The summed E-state index contributed by atoms with van der Waals surface area (Å²) in [7, 11) is 0. The summed E-state index contributed by atoms with van der Waals surface area (Å²) >= 11 is 0. The number of nitro groups is 1. The molecule has 2 aromatic rings. The number of rotatable bonds is 5. The van der Waals surface area contributed by atoms with Crippen LogP contribution in [-0.4, -0.2) is 37.1 Å².